The molecule has 1 atom stereocenters. The second kappa shape index (κ2) is 11.1. The highest BCUT2D eigenvalue weighted by Gasteiger charge is 2.17. The van der Waals surface area contributed by atoms with E-state index in [2.05, 4.69) is 33.8 Å². The average Bonchev–Trinajstić information content (AvgIpc) is 2.34. The van der Waals surface area contributed by atoms with Crippen LogP contribution in [-0.4, -0.2) is 75.9 Å². The van der Waals surface area contributed by atoms with Gasteiger partial charge < -0.3 is 20.3 Å². The Kier molecular flexibility index (Phi) is 11.3. The molecule has 0 bridgehead atoms. The Hall–Kier alpha value is 0.270. The first-order valence-corrected chi connectivity index (χ1v) is 7.39. The van der Waals surface area contributed by atoms with E-state index in [1.165, 1.54) is 0 Å². The Balaban J connectivity index is 0.00000289. The molecule has 1 heterocycles. The number of halogens is 1. The molecule has 0 saturated carbocycles. The van der Waals surface area contributed by atoms with E-state index in [0.717, 1.165) is 44.5 Å². The van der Waals surface area contributed by atoms with E-state index in [9.17, 15) is 0 Å². The molecule has 0 aromatic carbocycles. The second-order valence-electron chi connectivity index (χ2n) is 4.13. The minimum absolute atomic E-state index is 0. The predicted molar refractivity (Wildman–Crippen MR) is 90.4 cm³/mol. The minimum Gasteiger partial charge on any atom is -0.374 e. The van der Waals surface area contributed by atoms with Crippen LogP contribution in [0.3, 0.4) is 0 Å². The van der Waals surface area contributed by atoms with Crippen LogP contribution in [0.15, 0.2) is 4.99 Å². The molecule has 108 valence electrons. The standard InChI is InChI=1S/C11H24N4OS.HI/c1-12-11(13-4-7-17-3)14-8-10-9-15(2)5-6-16-10;/h10H,4-9H2,1-3H3,(H2,12,13,14);1H. The van der Waals surface area contributed by atoms with Crippen LogP contribution < -0.4 is 10.6 Å². The maximum Gasteiger partial charge on any atom is 0.191 e. The van der Waals surface area contributed by atoms with Crippen molar-refractivity contribution in [3.8, 4) is 0 Å². The van der Waals surface area contributed by atoms with Gasteiger partial charge >= 0.3 is 0 Å². The molecule has 0 amide bonds. The summed E-state index contributed by atoms with van der Waals surface area (Å²) in [6.07, 6.45) is 2.36. The number of morpholine rings is 1. The quantitative estimate of drug-likeness (QED) is 0.310. The van der Waals surface area contributed by atoms with Crippen molar-refractivity contribution in [3.63, 3.8) is 0 Å². The molecule has 1 aliphatic rings. The third-order valence-electron chi connectivity index (χ3n) is 2.66. The number of rotatable bonds is 5. The van der Waals surface area contributed by atoms with Crippen molar-refractivity contribution in [1.82, 2.24) is 15.5 Å². The highest BCUT2D eigenvalue weighted by molar-refractivity contribution is 14.0. The zero-order chi connectivity index (χ0) is 12.5. The zero-order valence-corrected chi connectivity index (χ0v) is 14.6. The van der Waals surface area contributed by atoms with Gasteiger partial charge in [-0.3, -0.25) is 4.99 Å². The number of likely N-dealkylation sites (N-methyl/N-ethyl adjacent to an activating group) is 1. The molecule has 1 rings (SSSR count). The van der Waals surface area contributed by atoms with Crippen molar-refractivity contribution in [2.24, 2.45) is 4.99 Å². The Morgan fingerprint density at radius 2 is 2.28 bits per heavy atom. The molecule has 1 aliphatic heterocycles. The van der Waals surface area contributed by atoms with Crippen LogP contribution in [0.4, 0.5) is 0 Å². The van der Waals surface area contributed by atoms with E-state index < -0.39 is 0 Å². The van der Waals surface area contributed by atoms with Crippen LogP contribution >= 0.6 is 35.7 Å². The van der Waals surface area contributed by atoms with Crippen molar-refractivity contribution >= 4 is 41.7 Å². The van der Waals surface area contributed by atoms with Gasteiger partial charge in [-0.05, 0) is 13.3 Å². The lowest BCUT2D eigenvalue weighted by Gasteiger charge is -2.30. The molecule has 0 spiro atoms. The fourth-order valence-electron chi connectivity index (χ4n) is 1.69. The van der Waals surface area contributed by atoms with Crippen LogP contribution in [0.1, 0.15) is 0 Å². The summed E-state index contributed by atoms with van der Waals surface area (Å²) in [7, 11) is 3.92. The van der Waals surface area contributed by atoms with Crippen LogP contribution in [0.25, 0.3) is 0 Å². The van der Waals surface area contributed by atoms with E-state index >= 15 is 0 Å². The summed E-state index contributed by atoms with van der Waals surface area (Å²) in [5.41, 5.74) is 0. The molecule has 18 heavy (non-hydrogen) atoms. The summed E-state index contributed by atoms with van der Waals surface area (Å²) >= 11 is 1.82. The fraction of sp³-hybridized carbons (Fsp3) is 0.909. The summed E-state index contributed by atoms with van der Waals surface area (Å²) in [5.74, 6) is 1.94. The number of hydrogen-bond donors (Lipinski definition) is 2. The second-order valence-corrected chi connectivity index (χ2v) is 5.11. The van der Waals surface area contributed by atoms with E-state index in [-0.39, 0.29) is 30.1 Å². The van der Waals surface area contributed by atoms with Gasteiger partial charge in [0.25, 0.3) is 0 Å². The number of aliphatic imine (C=N–C) groups is 1. The fourth-order valence-corrected chi connectivity index (χ4v) is 2.00. The van der Waals surface area contributed by atoms with Crippen molar-refractivity contribution in [2.75, 3.05) is 58.9 Å². The predicted octanol–water partition coefficient (Wildman–Crippen LogP) is 0.463. The molecule has 0 aromatic rings. The van der Waals surface area contributed by atoms with E-state index in [1.54, 1.807) is 7.05 Å². The topological polar surface area (TPSA) is 48.9 Å². The van der Waals surface area contributed by atoms with Crippen LogP contribution in [0.2, 0.25) is 0 Å². The number of nitrogens with one attached hydrogen (secondary N) is 2. The molecule has 1 saturated heterocycles. The average molecular weight is 388 g/mol. The number of nitrogens with zero attached hydrogens (tertiary/aromatic N) is 2. The maximum absolute atomic E-state index is 5.68. The van der Waals surface area contributed by atoms with Crippen LogP contribution in [0, 0.1) is 0 Å². The highest BCUT2D eigenvalue weighted by Crippen LogP contribution is 2.01. The number of thioether (sulfide) groups is 1. The summed E-state index contributed by atoms with van der Waals surface area (Å²) in [5, 5.41) is 6.57. The Labute approximate surface area is 132 Å². The number of hydrogen-bond acceptors (Lipinski definition) is 4. The van der Waals surface area contributed by atoms with Gasteiger partial charge in [0.2, 0.25) is 0 Å². The van der Waals surface area contributed by atoms with E-state index in [1.807, 2.05) is 11.8 Å². The first kappa shape index (κ1) is 18.3. The SMILES string of the molecule is CN=C(NCCSC)NCC1CN(C)CCO1.I. The largest absolute Gasteiger partial charge is 0.374 e. The summed E-state index contributed by atoms with van der Waals surface area (Å²) < 4.78 is 5.68. The minimum atomic E-state index is 0. The van der Waals surface area contributed by atoms with Gasteiger partial charge in [-0.2, -0.15) is 11.8 Å². The Morgan fingerprint density at radius 3 is 2.89 bits per heavy atom. The highest BCUT2D eigenvalue weighted by atomic mass is 127. The Bertz CT molecular complexity index is 243. The zero-order valence-electron chi connectivity index (χ0n) is 11.4. The number of ether oxygens (including phenoxy) is 1. The summed E-state index contributed by atoms with van der Waals surface area (Å²) in [6.45, 7) is 4.57. The first-order chi connectivity index (χ1) is 8.26. The van der Waals surface area contributed by atoms with Crippen molar-refractivity contribution in [2.45, 2.75) is 6.10 Å². The van der Waals surface area contributed by atoms with E-state index in [0.29, 0.717) is 0 Å². The Morgan fingerprint density at radius 1 is 1.50 bits per heavy atom. The lowest BCUT2D eigenvalue weighted by Crippen LogP contribution is -2.48. The molecule has 1 unspecified atom stereocenters. The molecule has 5 nitrogen and oxygen atoms in total. The number of guanidine groups is 1. The van der Waals surface area contributed by atoms with Gasteiger partial charge in [0.15, 0.2) is 5.96 Å². The molecule has 7 heteroatoms. The van der Waals surface area contributed by atoms with Crippen LogP contribution in [0.5, 0.6) is 0 Å². The molecule has 0 aromatic heterocycles. The van der Waals surface area contributed by atoms with Crippen molar-refractivity contribution in [3.05, 3.63) is 0 Å². The van der Waals surface area contributed by atoms with Gasteiger partial charge in [0.1, 0.15) is 0 Å². The smallest absolute Gasteiger partial charge is 0.191 e. The third kappa shape index (κ3) is 7.65. The lowest BCUT2D eigenvalue weighted by molar-refractivity contribution is -0.0161. The molecule has 0 radical (unpaired) electrons. The third-order valence-corrected chi connectivity index (χ3v) is 3.27. The molecular weight excluding hydrogens is 363 g/mol. The molecule has 2 N–H and O–H groups in total. The molecule has 0 aliphatic carbocycles. The van der Waals surface area contributed by atoms with Gasteiger partial charge in [-0.1, -0.05) is 0 Å². The normalized spacial score (nSPS) is 21.3. The van der Waals surface area contributed by atoms with Gasteiger partial charge in [0, 0.05) is 39.0 Å². The summed E-state index contributed by atoms with van der Waals surface area (Å²) in [4.78, 5) is 6.47. The van der Waals surface area contributed by atoms with Crippen molar-refractivity contribution in [1.29, 1.82) is 0 Å². The summed E-state index contributed by atoms with van der Waals surface area (Å²) in [6, 6.07) is 0. The van der Waals surface area contributed by atoms with Gasteiger partial charge in [-0.15, -0.1) is 24.0 Å². The van der Waals surface area contributed by atoms with Gasteiger partial charge in [-0.25, -0.2) is 0 Å². The monoisotopic (exact) mass is 388 g/mol. The maximum atomic E-state index is 5.68. The van der Waals surface area contributed by atoms with Crippen LogP contribution in [-0.2, 0) is 4.74 Å². The van der Waals surface area contributed by atoms with Crippen molar-refractivity contribution < 1.29 is 4.74 Å². The molecular formula is C11H25IN4OS. The van der Waals surface area contributed by atoms with E-state index in [4.69, 9.17) is 4.74 Å². The molecule has 1 fully saturated rings. The van der Waals surface area contributed by atoms with Gasteiger partial charge in [0.05, 0.1) is 12.7 Å². The lowest BCUT2D eigenvalue weighted by atomic mass is 10.3. The first-order valence-electron chi connectivity index (χ1n) is 6.00.